The monoisotopic (exact) mass is 549 g/mol. The molecule has 1 aromatic rings. The van der Waals surface area contributed by atoms with Crippen LogP contribution in [0.2, 0.25) is 0 Å². The molecule has 5 heteroatoms. The van der Waals surface area contributed by atoms with Gasteiger partial charge in [0.05, 0.1) is 5.56 Å². The van der Waals surface area contributed by atoms with E-state index in [-0.39, 0.29) is 33.3 Å². The average molecular weight is 550 g/mol. The molecule has 5 nitrogen and oxygen atoms in total. The van der Waals surface area contributed by atoms with Gasteiger partial charge in [-0.2, -0.15) is 0 Å². The van der Waals surface area contributed by atoms with E-state index in [1.54, 1.807) is 24.3 Å². The maximum Gasteiger partial charge on any atom is 0.335 e. The van der Waals surface area contributed by atoms with E-state index < -0.39 is 5.97 Å². The Bertz CT molecular complexity index is 1190. The maximum absolute atomic E-state index is 14.0. The van der Waals surface area contributed by atoms with Gasteiger partial charge in [-0.25, -0.2) is 4.79 Å². The summed E-state index contributed by atoms with van der Waals surface area (Å²) in [5.41, 5.74) is 1.25. The van der Waals surface area contributed by atoms with Crippen molar-refractivity contribution in [1.29, 1.82) is 0 Å². The van der Waals surface area contributed by atoms with E-state index in [1.165, 1.54) is 51.4 Å². The minimum Gasteiger partial charge on any atom is -0.478 e. The molecular weight excluding hydrogens is 498 g/mol. The Morgan fingerprint density at radius 1 is 0.825 bits per heavy atom. The van der Waals surface area contributed by atoms with Crippen molar-refractivity contribution in [1.82, 2.24) is 4.90 Å². The molecule has 6 rings (SSSR count). The number of carbonyl (C=O) groups is 2. The van der Waals surface area contributed by atoms with Gasteiger partial charge in [0, 0.05) is 24.3 Å². The van der Waals surface area contributed by atoms with Gasteiger partial charge in [-0.1, -0.05) is 33.3 Å². The second-order valence-electron chi connectivity index (χ2n) is 15.8. The van der Waals surface area contributed by atoms with Crippen molar-refractivity contribution in [2.24, 2.45) is 45.3 Å². The first-order valence-electron chi connectivity index (χ1n) is 16.1. The molecule has 2 N–H and O–H groups in total. The van der Waals surface area contributed by atoms with E-state index in [9.17, 15) is 19.8 Å². The molecule has 1 amide bonds. The Morgan fingerprint density at radius 2 is 1.57 bits per heavy atom. The Balaban J connectivity index is 1.32. The van der Waals surface area contributed by atoms with Crippen molar-refractivity contribution in [2.45, 2.75) is 111 Å². The lowest BCUT2D eigenvalue weighted by Gasteiger charge is -2.71. The summed E-state index contributed by atoms with van der Waals surface area (Å²) in [6.45, 7) is 13.5. The summed E-state index contributed by atoms with van der Waals surface area (Å²) in [6.07, 6.45) is 13.3. The summed E-state index contributed by atoms with van der Waals surface area (Å²) in [5.74, 6) is 1.40. The highest BCUT2D eigenvalue weighted by molar-refractivity contribution is 5.97. The minimum absolute atomic E-state index is 0.0322. The smallest absolute Gasteiger partial charge is 0.335 e. The number of hydrogen-bond donors (Lipinski definition) is 2. The molecular formula is C35H51NO4. The molecule has 5 fully saturated rings. The van der Waals surface area contributed by atoms with Crippen molar-refractivity contribution in [3.05, 3.63) is 35.4 Å². The van der Waals surface area contributed by atoms with Gasteiger partial charge >= 0.3 is 5.97 Å². The van der Waals surface area contributed by atoms with E-state index in [0.717, 1.165) is 31.7 Å². The Morgan fingerprint density at radius 3 is 2.30 bits per heavy atom. The van der Waals surface area contributed by atoms with Crippen LogP contribution in [-0.2, 0) is 0 Å². The number of aliphatic hydroxyl groups excluding tert-OH is 1. The Labute approximate surface area is 241 Å². The summed E-state index contributed by atoms with van der Waals surface area (Å²) in [4.78, 5) is 27.7. The minimum atomic E-state index is -0.996. The van der Waals surface area contributed by atoms with Gasteiger partial charge < -0.3 is 15.1 Å². The molecule has 0 radical (unpaired) electrons. The van der Waals surface area contributed by atoms with E-state index in [2.05, 4.69) is 39.5 Å². The highest BCUT2D eigenvalue weighted by atomic mass is 16.4. The quantitative estimate of drug-likeness (QED) is 0.411. The van der Waals surface area contributed by atoms with Crippen molar-refractivity contribution >= 4 is 11.9 Å². The number of aromatic carboxylic acids is 1. The molecule has 220 valence electrons. The average Bonchev–Trinajstić information content (AvgIpc) is 3.31. The van der Waals surface area contributed by atoms with Gasteiger partial charge in [-0.05, 0) is 142 Å². The molecule has 1 heterocycles. The fourth-order valence-corrected chi connectivity index (χ4v) is 12.3. The van der Waals surface area contributed by atoms with Crippen LogP contribution in [0.15, 0.2) is 24.3 Å². The van der Waals surface area contributed by atoms with Gasteiger partial charge in [0.15, 0.2) is 0 Å². The van der Waals surface area contributed by atoms with Gasteiger partial charge in [0.1, 0.15) is 0 Å². The van der Waals surface area contributed by atoms with Crippen LogP contribution in [0.3, 0.4) is 0 Å². The van der Waals surface area contributed by atoms with Crippen LogP contribution >= 0.6 is 0 Å². The third kappa shape index (κ3) is 3.67. The molecule has 0 spiro atoms. The molecule has 1 saturated heterocycles. The topological polar surface area (TPSA) is 77.8 Å². The second kappa shape index (κ2) is 9.31. The largest absolute Gasteiger partial charge is 0.478 e. The van der Waals surface area contributed by atoms with Crippen molar-refractivity contribution in [2.75, 3.05) is 13.2 Å². The van der Waals surface area contributed by atoms with Crippen LogP contribution in [-0.4, -0.2) is 45.7 Å². The third-order valence-electron chi connectivity index (χ3n) is 14.4. The van der Waals surface area contributed by atoms with Crippen LogP contribution in [0, 0.1) is 45.3 Å². The number of fused-ring (bicyclic) bond motifs is 7. The maximum atomic E-state index is 14.0. The predicted octanol–water partition coefficient (Wildman–Crippen LogP) is 7.43. The van der Waals surface area contributed by atoms with Crippen LogP contribution in [0.5, 0.6) is 0 Å². The number of aliphatic hydroxyl groups is 1. The predicted molar refractivity (Wildman–Crippen MR) is 157 cm³/mol. The zero-order valence-corrected chi connectivity index (χ0v) is 25.5. The molecule has 4 saturated carbocycles. The standard InChI is InChI=1S/C35H51NO4/c1-31(2)27-14-17-34(5)28(13-12-25-26-11-7-16-35(26,22-37)19-18-33(25,34)4)32(27,3)15-8-20-36(31)29(38)23-9-6-10-24(21-23)30(39)40/h6,9-10,21,25-28,37H,7-8,11-20,22H2,1-5H3,(H,39,40)/t25?,26?,27?,28?,32?,33-,34?,35?/m1/s1. The first-order valence-corrected chi connectivity index (χ1v) is 16.1. The van der Waals surface area contributed by atoms with Crippen molar-refractivity contribution < 1.29 is 19.8 Å². The highest BCUT2D eigenvalue weighted by Gasteiger charge is 2.69. The van der Waals surface area contributed by atoms with Gasteiger partial charge in [0.2, 0.25) is 0 Å². The zero-order valence-electron chi connectivity index (χ0n) is 25.5. The second-order valence-corrected chi connectivity index (χ2v) is 15.8. The number of amides is 1. The molecule has 1 aromatic carbocycles. The fraction of sp³-hybridized carbons (Fsp3) is 0.771. The number of carbonyl (C=O) groups excluding carboxylic acids is 1. The summed E-state index contributed by atoms with van der Waals surface area (Å²) in [6, 6.07) is 6.57. The molecule has 7 unspecified atom stereocenters. The van der Waals surface area contributed by atoms with Crippen LogP contribution < -0.4 is 0 Å². The normalized spacial score (nSPS) is 44.0. The number of likely N-dealkylation sites (tertiary alicyclic amines) is 1. The summed E-state index contributed by atoms with van der Waals surface area (Å²) < 4.78 is 0. The number of carboxylic acid groups (broad SMARTS) is 1. The first kappa shape index (κ1) is 28.2. The van der Waals surface area contributed by atoms with E-state index in [1.807, 2.05) is 0 Å². The van der Waals surface area contributed by atoms with Crippen LogP contribution in [0.1, 0.15) is 126 Å². The highest BCUT2D eigenvalue weighted by Crippen LogP contribution is 2.75. The number of benzene rings is 1. The molecule has 40 heavy (non-hydrogen) atoms. The van der Waals surface area contributed by atoms with E-state index in [0.29, 0.717) is 35.3 Å². The number of nitrogens with zero attached hydrogens (tertiary/aromatic N) is 1. The van der Waals surface area contributed by atoms with Crippen LogP contribution in [0.4, 0.5) is 0 Å². The zero-order chi connectivity index (χ0) is 28.7. The Kier molecular flexibility index (Phi) is 6.58. The summed E-state index contributed by atoms with van der Waals surface area (Å²) in [7, 11) is 0. The first-order chi connectivity index (χ1) is 18.8. The molecule has 0 bridgehead atoms. The molecule has 1 aliphatic heterocycles. The molecule has 4 aliphatic carbocycles. The van der Waals surface area contributed by atoms with E-state index >= 15 is 0 Å². The van der Waals surface area contributed by atoms with Gasteiger partial charge in [0.25, 0.3) is 5.91 Å². The van der Waals surface area contributed by atoms with Crippen molar-refractivity contribution in [3.8, 4) is 0 Å². The molecule has 5 aliphatic rings. The lowest BCUT2D eigenvalue weighted by atomic mass is 9.34. The number of carboxylic acids is 1. The number of hydrogen-bond acceptors (Lipinski definition) is 3. The lowest BCUT2D eigenvalue weighted by Crippen LogP contribution is -2.66. The molecule has 8 atom stereocenters. The van der Waals surface area contributed by atoms with E-state index in [4.69, 9.17) is 0 Å². The SMILES string of the molecule is CC12CCCN(C(=O)c3cccc(C(=O)O)c3)C(C)(C)C1CCC1(C)C2CCC2C3CCCC3(CO)CC[C@]21C. The fourth-order valence-electron chi connectivity index (χ4n) is 12.3. The summed E-state index contributed by atoms with van der Waals surface area (Å²) >= 11 is 0. The van der Waals surface area contributed by atoms with Crippen LogP contribution in [0.25, 0.3) is 0 Å². The summed E-state index contributed by atoms with van der Waals surface area (Å²) in [5, 5.41) is 20.1. The third-order valence-corrected chi connectivity index (χ3v) is 14.4. The Hall–Kier alpha value is -1.88. The van der Waals surface area contributed by atoms with Gasteiger partial charge in [-0.3, -0.25) is 4.79 Å². The van der Waals surface area contributed by atoms with Gasteiger partial charge in [-0.15, -0.1) is 0 Å². The van der Waals surface area contributed by atoms with Crippen molar-refractivity contribution in [3.63, 3.8) is 0 Å². The lowest BCUT2D eigenvalue weighted by molar-refractivity contribution is -0.225. The number of rotatable bonds is 3. The molecule has 0 aromatic heterocycles.